The highest BCUT2D eigenvalue weighted by molar-refractivity contribution is 14.1. The Morgan fingerprint density at radius 3 is 2.58 bits per heavy atom. The molecule has 1 heterocycles. The number of alkyl halides is 3. The molecule has 0 unspecified atom stereocenters. The van der Waals surface area contributed by atoms with Crippen molar-refractivity contribution in [3.8, 4) is 5.88 Å². The number of ether oxygens (including phenoxy) is 1. The molecule has 11 heteroatoms. The quantitative estimate of drug-likeness (QED) is 0.479. The fraction of sp³-hybridized carbons (Fsp3) is 0.250. The number of carboxylic acid groups (broad SMARTS) is 1. The van der Waals surface area contributed by atoms with Crippen molar-refractivity contribution in [1.29, 1.82) is 0 Å². The molecule has 0 saturated carbocycles. The van der Waals surface area contributed by atoms with Crippen molar-refractivity contribution in [3.63, 3.8) is 0 Å². The SMILES string of the molecule is O=C(O)Cc1cc([N+](=O)[O-])nc(OC(F)(F)F)c1I. The minimum absolute atomic E-state index is 0.186. The normalized spacial score (nSPS) is 11.2. The minimum atomic E-state index is -5.08. The summed E-state index contributed by atoms with van der Waals surface area (Å²) in [7, 11) is 0. The molecular formula is C8H4F3IN2O5. The average Bonchev–Trinajstić information content (AvgIpc) is 2.20. The number of aliphatic carboxylic acids is 1. The van der Waals surface area contributed by atoms with E-state index in [9.17, 15) is 28.1 Å². The Balaban J connectivity index is 3.32. The van der Waals surface area contributed by atoms with Crippen molar-refractivity contribution in [1.82, 2.24) is 4.98 Å². The van der Waals surface area contributed by atoms with Crippen LogP contribution in [0.1, 0.15) is 5.56 Å². The van der Waals surface area contributed by atoms with Gasteiger partial charge in [0.1, 0.15) is 3.57 Å². The van der Waals surface area contributed by atoms with Gasteiger partial charge in [-0.3, -0.25) is 4.79 Å². The van der Waals surface area contributed by atoms with Crippen LogP contribution in [-0.2, 0) is 11.2 Å². The van der Waals surface area contributed by atoms with Crippen LogP contribution in [-0.4, -0.2) is 27.3 Å². The molecule has 7 nitrogen and oxygen atoms in total. The molecule has 0 atom stereocenters. The van der Waals surface area contributed by atoms with E-state index in [0.717, 1.165) is 6.07 Å². The second kappa shape index (κ2) is 5.54. The molecule has 0 bridgehead atoms. The Morgan fingerprint density at radius 2 is 2.16 bits per heavy atom. The van der Waals surface area contributed by atoms with Crippen molar-refractivity contribution < 1.29 is 32.7 Å². The molecule has 1 N–H and O–H groups in total. The lowest BCUT2D eigenvalue weighted by molar-refractivity contribution is -0.390. The Hall–Kier alpha value is -1.66. The lowest BCUT2D eigenvalue weighted by atomic mass is 10.2. The molecule has 1 rings (SSSR count). The molecule has 0 amide bonds. The maximum atomic E-state index is 12.1. The Bertz CT molecular complexity index is 534. The summed E-state index contributed by atoms with van der Waals surface area (Å²) in [6, 6.07) is 0.791. The highest BCUT2D eigenvalue weighted by Crippen LogP contribution is 2.31. The van der Waals surface area contributed by atoms with Crippen LogP contribution >= 0.6 is 22.6 Å². The van der Waals surface area contributed by atoms with Gasteiger partial charge in [-0.05, 0) is 33.1 Å². The van der Waals surface area contributed by atoms with Crippen LogP contribution in [0.2, 0.25) is 0 Å². The van der Waals surface area contributed by atoms with Crippen molar-refractivity contribution in [2.45, 2.75) is 12.8 Å². The minimum Gasteiger partial charge on any atom is -0.481 e. The van der Waals surface area contributed by atoms with Crippen molar-refractivity contribution in [3.05, 3.63) is 25.3 Å². The van der Waals surface area contributed by atoms with Gasteiger partial charge in [-0.2, -0.15) is 0 Å². The molecule has 1 aromatic rings. The fourth-order valence-electron chi connectivity index (χ4n) is 1.10. The van der Waals surface area contributed by atoms with Gasteiger partial charge in [-0.25, -0.2) is 0 Å². The number of hydrogen-bond acceptors (Lipinski definition) is 5. The second-order valence-corrected chi connectivity index (χ2v) is 4.21. The number of hydrogen-bond donors (Lipinski definition) is 1. The predicted molar refractivity (Wildman–Crippen MR) is 61.6 cm³/mol. The number of aromatic nitrogens is 1. The molecule has 104 valence electrons. The number of rotatable bonds is 4. The van der Waals surface area contributed by atoms with Crippen LogP contribution < -0.4 is 4.74 Å². The summed E-state index contributed by atoms with van der Waals surface area (Å²) in [5.41, 5.74) is -0.186. The molecule has 0 aliphatic heterocycles. The summed E-state index contributed by atoms with van der Waals surface area (Å²) in [5, 5.41) is 19.1. The summed E-state index contributed by atoms with van der Waals surface area (Å²) in [5.74, 6) is -3.31. The topological polar surface area (TPSA) is 103 Å². The van der Waals surface area contributed by atoms with E-state index < -0.39 is 35.4 Å². The third kappa shape index (κ3) is 4.50. The lowest BCUT2D eigenvalue weighted by Crippen LogP contribution is -2.19. The third-order valence-electron chi connectivity index (χ3n) is 1.73. The van der Waals surface area contributed by atoms with Crippen molar-refractivity contribution >= 4 is 34.4 Å². The number of carbonyl (C=O) groups is 1. The first-order valence-corrected chi connectivity index (χ1v) is 5.49. The fourth-order valence-corrected chi connectivity index (χ4v) is 1.68. The molecular weight excluding hydrogens is 388 g/mol. The zero-order chi connectivity index (χ0) is 14.8. The maximum absolute atomic E-state index is 12.1. The average molecular weight is 392 g/mol. The van der Waals surface area contributed by atoms with Gasteiger partial charge in [-0.15, -0.1) is 13.2 Å². The van der Waals surface area contributed by atoms with E-state index in [1.807, 2.05) is 0 Å². The Morgan fingerprint density at radius 1 is 1.58 bits per heavy atom. The standard InChI is InChI=1S/C8H4F3IN2O5/c9-8(10,11)19-7-6(12)3(2-5(15)16)1-4(13-7)14(17)18/h1H,2H2,(H,15,16). The molecule has 0 fully saturated rings. The number of carboxylic acids is 1. The van der Waals surface area contributed by atoms with Crippen molar-refractivity contribution in [2.75, 3.05) is 0 Å². The Kier molecular flexibility index (Phi) is 4.49. The smallest absolute Gasteiger partial charge is 0.481 e. The van der Waals surface area contributed by atoms with E-state index in [2.05, 4.69) is 9.72 Å². The van der Waals surface area contributed by atoms with E-state index in [1.165, 1.54) is 22.6 Å². The van der Waals surface area contributed by atoms with Crippen LogP contribution in [0.25, 0.3) is 0 Å². The van der Waals surface area contributed by atoms with Gasteiger partial charge in [0.05, 0.1) is 6.42 Å². The van der Waals surface area contributed by atoms with Gasteiger partial charge >= 0.3 is 24.0 Å². The highest BCUT2D eigenvalue weighted by atomic mass is 127. The number of pyridine rings is 1. The molecule has 0 radical (unpaired) electrons. The van der Waals surface area contributed by atoms with E-state index in [-0.39, 0.29) is 9.13 Å². The summed E-state index contributed by atoms with van der Waals surface area (Å²) >= 11 is 1.38. The maximum Gasteiger partial charge on any atom is 0.575 e. The van der Waals surface area contributed by atoms with Crippen LogP contribution in [0.5, 0.6) is 5.88 Å². The Labute approximate surface area is 116 Å². The molecule has 0 aromatic carbocycles. The summed E-state index contributed by atoms with van der Waals surface area (Å²) in [6.07, 6.45) is -5.77. The first kappa shape index (κ1) is 15.4. The van der Waals surface area contributed by atoms with E-state index >= 15 is 0 Å². The van der Waals surface area contributed by atoms with E-state index in [0.29, 0.717) is 0 Å². The van der Waals surface area contributed by atoms with Crippen LogP contribution in [0.4, 0.5) is 19.0 Å². The van der Waals surface area contributed by atoms with Gasteiger partial charge in [0.2, 0.25) is 0 Å². The lowest BCUT2D eigenvalue weighted by Gasteiger charge is -2.08. The van der Waals surface area contributed by atoms with Gasteiger partial charge in [0.15, 0.2) is 0 Å². The monoisotopic (exact) mass is 392 g/mol. The van der Waals surface area contributed by atoms with E-state index in [1.54, 1.807) is 0 Å². The largest absolute Gasteiger partial charge is 0.575 e. The first-order valence-electron chi connectivity index (χ1n) is 4.41. The summed E-state index contributed by atoms with van der Waals surface area (Å²) in [6.45, 7) is 0. The highest BCUT2D eigenvalue weighted by Gasteiger charge is 2.36. The van der Waals surface area contributed by atoms with Gasteiger partial charge < -0.3 is 20.0 Å². The predicted octanol–water partition coefficient (Wildman–Crippen LogP) is 2.12. The number of nitro groups is 1. The van der Waals surface area contributed by atoms with Crippen LogP contribution in [0.15, 0.2) is 6.07 Å². The third-order valence-corrected chi connectivity index (χ3v) is 2.88. The number of halogens is 4. The molecule has 0 spiro atoms. The van der Waals surface area contributed by atoms with Crippen molar-refractivity contribution in [2.24, 2.45) is 0 Å². The summed E-state index contributed by atoms with van der Waals surface area (Å²) in [4.78, 5) is 23.1. The van der Waals surface area contributed by atoms with Gasteiger partial charge in [0.25, 0.3) is 0 Å². The zero-order valence-electron chi connectivity index (χ0n) is 8.77. The van der Waals surface area contributed by atoms with Gasteiger partial charge in [0, 0.05) is 11.1 Å². The molecule has 0 saturated heterocycles. The van der Waals surface area contributed by atoms with E-state index in [4.69, 9.17) is 5.11 Å². The number of nitrogens with zero attached hydrogens (tertiary/aromatic N) is 2. The second-order valence-electron chi connectivity index (χ2n) is 3.13. The van der Waals surface area contributed by atoms with Gasteiger partial charge in [-0.1, -0.05) is 0 Å². The summed E-state index contributed by atoms with van der Waals surface area (Å²) < 4.78 is 39.6. The molecule has 19 heavy (non-hydrogen) atoms. The van der Waals surface area contributed by atoms with Crippen LogP contribution in [0.3, 0.4) is 0 Å². The molecule has 1 aromatic heterocycles. The molecule has 0 aliphatic carbocycles. The zero-order valence-corrected chi connectivity index (χ0v) is 10.9. The molecule has 0 aliphatic rings. The van der Waals surface area contributed by atoms with Crippen LogP contribution in [0, 0.1) is 13.7 Å². The first-order chi connectivity index (χ1) is 8.60.